The Morgan fingerprint density at radius 3 is 2.32 bits per heavy atom. The number of hydrogen-bond acceptors (Lipinski definition) is 7. The monoisotopic (exact) mass is 387 g/mol. The second kappa shape index (κ2) is 8.98. The average molecular weight is 387 g/mol. The number of nitrogens with zero attached hydrogens (tertiary/aromatic N) is 1. The lowest BCUT2D eigenvalue weighted by atomic mass is 10.0. The number of carbonyl (C=O) groups is 4. The third-order valence-electron chi connectivity index (χ3n) is 3.63. The second-order valence-corrected chi connectivity index (χ2v) is 6.16. The molecule has 0 fully saturated rings. The van der Waals surface area contributed by atoms with Crippen LogP contribution in [0.1, 0.15) is 36.7 Å². The van der Waals surface area contributed by atoms with Crippen molar-refractivity contribution in [1.82, 2.24) is 4.90 Å². The summed E-state index contributed by atoms with van der Waals surface area (Å²) in [4.78, 5) is 48.3. The van der Waals surface area contributed by atoms with E-state index in [4.69, 9.17) is 14.2 Å². The minimum Gasteiger partial charge on any atom is -0.497 e. The van der Waals surface area contributed by atoms with E-state index in [-0.39, 0.29) is 24.0 Å². The summed E-state index contributed by atoms with van der Waals surface area (Å²) in [6, 6.07) is 2.97. The highest BCUT2D eigenvalue weighted by molar-refractivity contribution is 6.13. The minimum absolute atomic E-state index is 0.00728. The molecule has 1 aromatic carbocycles. The van der Waals surface area contributed by atoms with Crippen LogP contribution in [-0.4, -0.2) is 48.4 Å². The first-order chi connectivity index (χ1) is 13.2. The quantitative estimate of drug-likeness (QED) is 0.401. The third kappa shape index (κ3) is 5.06. The van der Waals surface area contributed by atoms with Gasteiger partial charge in [0, 0.05) is 31.7 Å². The van der Waals surface area contributed by atoms with E-state index < -0.39 is 23.8 Å². The number of hydrogen-bond donors (Lipinski definition) is 0. The normalized spacial score (nSPS) is 13.5. The molecule has 0 spiro atoms. The summed E-state index contributed by atoms with van der Waals surface area (Å²) in [6.45, 7) is 4.62. The lowest BCUT2D eigenvalue weighted by Gasteiger charge is -2.15. The zero-order chi connectivity index (χ0) is 20.8. The van der Waals surface area contributed by atoms with Gasteiger partial charge in [0.05, 0.1) is 13.2 Å². The number of benzene rings is 1. The van der Waals surface area contributed by atoms with Crippen molar-refractivity contribution in [3.05, 3.63) is 41.5 Å². The Hall–Kier alpha value is -3.42. The van der Waals surface area contributed by atoms with Crippen LogP contribution in [0.25, 0.3) is 6.08 Å². The van der Waals surface area contributed by atoms with Gasteiger partial charge in [-0.05, 0) is 25.5 Å². The first kappa shape index (κ1) is 20.9. The predicted octanol–water partition coefficient (Wildman–Crippen LogP) is 2.12. The van der Waals surface area contributed by atoms with Gasteiger partial charge in [-0.2, -0.15) is 0 Å². The fraction of sp³-hybridized carbons (Fsp3) is 0.300. The molecule has 0 bridgehead atoms. The van der Waals surface area contributed by atoms with Gasteiger partial charge < -0.3 is 14.2 Å². The van der Waals surface area contributed by atoms with Crippen molar-refractivity contribution < 1.29 is 33.4 Å². The predicted molar refractivity (Wildman–Crippen MR) is 99.7 cm³/mol. The molecule has 0 aromatic heterocycles. The summed E-state index contributed by atoms with van der Waals surface area (Å²) in [5, 5.41) is 0. The first-order valence-corrected chi connectivity index (χ1v) is 8.54. The molecule has 0 saturated carbocycles. The lowest BCUT2D eigenvalue weighted by molar-refractivity contribution is -0.136. The number of ether oxygens (including phenoxy) is 3. The Balaban J connectivity index is 2.42. The zero-order valence-electron chi connectivity index (χ0n) is 16.1. The summed E-state index contributed by atoms with van der Waals surface area (Å²) in [5.41, 5.74) is 0.395. The Labute approximate surface area is 162 Å². The smallest absolute Gasteiger partial charge is 0.342 e. The van der Waals surface area contributed by atoms with Crippen molar-refractivity contribution in [2.75, 3.05) is 13.7 Å². The molecule has 8 heteroatoms. The Kier molecular flexibility index (Phi) is 6.70. The SMILES string of the molecule is COc1cc(C=CCN2C(=O)C=CC2=O)c(C(=O)OC(C)C)c(OC(C)=O)c1. The summed E-state index contributed by atoms with van der Waals surface area (Å²) in [6.07, 6.45) is 5.06. The highest BCUT2D eigenvalue weighted by Gasteiger charge is 2.23. The molecular formula is C20H21NO7. The minimum atomic E-state index is -0.677. The summed E-state index contributed by atoms with van der Waals surface area (Å²) >= 11 is 0. The standard InChI is InChI=1S/C20H21NO7/c1-12(2)27-20(25)19-14(6-5-9-21-17(23)7-8-18(21)24)10-15(26-4)11-16(19)28-13(3)22/h5-8,10-12H,9H2,1-4H3. The summed E-state index contributed by atoms with van der Waals surface area (Å²) in [5.74, 6) is -1.77. The van der Waals surface area contributed by atoms with Crippen LogP contribution in [0.3, 0.4) is 0 Å². The maximum absolute atomic E-state index is 12.6. The summed E-state index contributed by atoms with van der Waals surface area (Å²) in [7, 11) is 1.43. The van der Waals surface area contributed by atoms with E-state index in [1.807, 2.05) is 0 Å². The molecule has 0 atom stereocenters. The van der Waals surface area contributed by atoms with E-state index in [0.29, 0.717) is 11.3 Å². The van der Waals surface area contributed by atoms with Crippen LogP contribution in [0.2, 0.25) is 0 Å². The van der Waals surface area contributed by atoms with Crippen molar-refractivity contribution >= 4 is 29.8 Å². The van der Waals surface area contributed by atoms with E-state index in [2.05, 4.69) is 0 Å². The van der Waals surface area contributed by atoms with E-state index in [0.717, 1.165) is 4.90 Å². The molecule has 2 rings (SSSR count). The van der Waals surface area contributed by atoms with Gasteiger partial charge in [0.1, 0.15) is 17.1 Å². The van der Waals surface area contributed by atoms with Crippen LogP contribution >= 0.6 is 0 Å². The molecule has 0 radical (unpaired) electrons. The van der Waals surface area contributed by atoms with Crippen LogP contribution in [0.5, 0.6) is 11.5 Å². The highest BCUT2D eigenvalue weighted by Crippen LogP contribution is 2.31. The maximum Gasteiger partial charge on any atom is 0.342 e. The highest BCUT2D eigenvalue weighted by atomic mass is 16.6. The van der Waals surface area contributed by atoms with E-state index >= 15 is 0 Å². The number of carbonyl (C=O) groups excluding carboxylic acids is 4. The van der Waals surface area contributed by atoms with Crippen molar-refractivity contribution in [3.8, 4) is 11.5 Å². The molecule has 0 aliphatic carbocycles. The van der Waals surface area contributed by atoms with Crippen molar-refractivity contribution in [3.63, 3.8) is 0 Å². The van der Waals surface area contributed by atoms with Crippen molar-refractivity contribution in [1.29, 1.82) is 0 Å². The molecule has 1 aromatic rings. The van der Waals surface area contributed by atoms with Gasteiger partial charge in [0.2, 0.25) is 0 Å². The molecule has 2 amide bonds. The fourth-order valence-electron chi connectivity index (χ4n) is 2.48. The zero-order valence-corrected chi connectivity index (χ0v) is 16.1. The molecule has 148 valence electrons. The van der Waals surface area contributed by atoms with E-state index in [1.165, 1.54) is 38.3 Å². The molecule has 28 heavy (non-hydrogen) atoms. The molecule has 0 N–H and O–H groups in total. The number of imide groups is 1. The average Bonchev–Trinajstić information content (AvgIpc) is 2.92. The molecule has 0 saturated heterocycles. The number of amides is 2. The Bertz CT molecular complexity index is 850. The van der Waals surface area contributed by atoms with Crippen LogP contribution < -0.4 is 9.47 Å². The van der Waals surface area contributed by atoms with E-state index in [1.54, 1.807) is 26.0 Å². The molecule has 1 aliphatic heterocycles. The molecule has 0 unspecified atom stereocenters. The van der Waals surface area contributed by atoms with Crippen LogP contribution in [0.15, 0.2) is 30.4 Å². The largest absolute Gasteiger partial charge is 0.497 e. The number of methoxy groups -OCH3 is 1. The summed E-state index contributed by atoms with van der Waals surface area (Å²) < 4.78 is 15.6. The van der Waals surface area contributed by atoms with Crippen LogP contribution in [0, 0.1) is 0 Å². The van der Waals surface area contributed by atoms with Gasteiger partial charge >= 0.3 is 11.9 Å². The lowest BCUT2D eigenvalue weighted by Crippen LogP contribution is -2.29. The van der Waals surface area contributed by atoms with Crippen molar-refractivity contribution in [2.24, 2.45) is 0 Å². The molecular weight excluding hydrogens is 366 g/mol. The van der Waals surface area contributed by atoms with Gasteiger partial charge in [0.25, 0.3) is 11.8 Å². The molecule has 1 aliphatic rings. The maximum atomic E-state index is 12.6. The van der Waals surface area contributed by atoms with Gasteiger partial charge in [-0.3, -0.25) is 19.3 Å². The first-order valence-electron chi connectivity index (χ1n) is 8.54. The molecule has 8 nitrogen and oxygen atoms in total. The number of rotatable bonds is 7. The van der Waals surface area contributed by atoms with Crippen molar-refractivity contribution in [2.45, 2.75) is 26.9 Å². The topological polar surface area (TPSA) is 99.2 Å². The van der Waals surface area contributed by atoms with Gasteiger partial charge in [0.15, 0.2) is 0 Å². The third-order valence-corrected chi connectivity index (χ3v) is 3.63. The van der Waals surface area contributed by atoms with Crippen LogP contribution in [-0.2, 0) is 19.1 Å². The Morgan fingerprint density at radius 2 is 1.79 bits per heavy atom. The fourth-order valence-corrected chi connectivity index (χ4v) is 2.48. The van der Waals surface area contributed by atoms with Crippen LogP contribution in [0.4, 0.5) is 0 Å². The number of esters is 2. The van der Waals surface area contributed by atoms with Gasteiger partial charge in [-0.15, -0.1) is 0 Å². The molecule has 1 heterocycles. The van der Waals surface area contributed by atoms with Gasteiger partial charge in [-0.25, -0.2) is 4.79 Å². The second-order valence-electron chi connectivity index (χ2n) is 6.16. The Morgan fingerprint density at radius 1 is 1.14 bits per heavy atom. The van der Waals surface area contributed by atoms with E-state index in [9.17, 15) is 19.2 Å². The van der Waals surface area contributed by atoms with Gasteiger partial charge in [-0.1, -0.05) is 12.2 Å².